The number of fused-ring (bicyclic) bond motifs is 2. The van der Waals surface area contributed by atoms with Crippen molar-refractivity contribution in [3.05, 3.63) is 176 Å². The van der Waals surface area contributed by atoms with Gasteiger partial charge in [-0.1, -0.05) is 84.9 Å². The number of hydrogen-bond acceptors (Lipinski definition) is 7. The Morgan fingerprint density at radius 2 is 0.685 bits per heavy atom. The molecule has 254 valence electrons. The average molecular weight is 696 g/mol. The van der Waals surface area contributed by atoms with Gasteiger partial charge in [-0.25, -0.2) is 24.9 Å². The van der Waals surface area contributed by atoms with E-state index >= 15 is 0 Å². The lowest BCUT2D eigenvalue weighted by molar-refractivity contribution is 1.07. The highest BCUT2D eigenvalue weighted by molar-refractivity contribution is 5.88. The van der Waals surface area contributed by atoms with Gasteiger partial charge in [-0.15, -0.1) is 0 Å². The lowest BCUT2D eigenvalue weighted by Crippen LogP contribution is -2.03. The summed E-state index contributed by atoms with van der Waals surface area (Å²) >= 11 is 0. The van der Waals surface area contributed by atoms with Crippen molar-refractivity contribution in [3.63, 3.8) is 0 Å². The highest BCUT2D eigenvalue weighted by Gasteiger charge is 2.21. The van der Waals surface area contributed by atoms with Crippen molar-refractivity contribution in [2.45, 2.75) is 0 Å². The van der Waals surface area contributed by atoms with Gasteiger partial charge in [0.1, 0.15) is 11.6 Å². The quantitative estimate of drug-likeness (QED) is 0.164. The van der Waals surface area contributed by atoms with Crippen LogP contribution in [0, 0.1) is 0 Å². The summed E-state index contributed by atoms with van der Waals surface area (Å²) in [5.74, 6) is 3.22. The Morgan fingerprint density at radius 1 is 0.315 bits per heavy atom. The Kier molecular flexibility index (Phi) is 7.58. The molecular weight excluding hydrogens is 667 g/mol. The number of benzene rings is 5. The Labute approximate surface area is 310 Å². The molecule has 0 spiro atoms. The van der Waals surface area contributed by atoms with Crippen LogP contribution in [0.5, 0.6) is 0 Å². The Bertz CT molecular complexity index is 2730. The third-order valence-corrected chi connectivity index (χ3v) is 9.37. The molecule has 9 nitrogen and oxygen atoms in total. The summed E-state index contributed by atoms with van der Waals surface area (Å²) < 4.78 is 4.34. The SMILES string of the molecule is c1ccc(-c2nc(-c3ccccc3)nc(-c3cc(-c4nc5ccccc5n4-c4ccncc4)cc(-c4nc5ccccc5n4-c4ccncc4)c3)n2)cc1. The van der Waals surface area contributed by atoms with Gasteiger partial charge in [0.25, 0.3) is 0 Å². The molecule has 10 rings (SSSR count). The van der Waals surface area contributed by atoms with E-state index in [4.69, 9.17) is 24.9 Å². The molecule has 9 heteroatoms. The van der Waals surface area contributed by atoms with Gasteiger partial charge >= 0.3 is 0 Å². The van der Waals surface area contributed by atoms with Gasteiger partial charge in [-0.2, -0.15) is 0 Å². The zero-order valence-electron chi connectivity index (χ0n) is 28.8. The first-order chi connectivity index (χ1) is 26.8. The van der Waals surface area contributed by atoms with Crippen LogP contribution in [0.3, 0.4) is 0 Å². The molecule has 5 heterocycles. The van der Waals surface area contributed by atoms with Gasteiger partial charge in [0.2, 0.25) is 0 Å². The smallest absolute Gasteiger partial charge is 0.164 e. The topological polar surface area (TPSA) is 100 Å². The number of para-hydroxylation sites is 4. The van der Waals surface area contributed by atoms with Gasteiger partial charge in [0.05, 0.1) is 33.4 Å². The number of rotatable bonds is 7. The van der Waals surface area contributed by atoms with Gasteiger partial charge in [-0.3, -0.25) is 19.1 Å². The van der Waals surface area contributed by atoms with E-state index in [1.807, 2.05) is 121 Å². The average Bonchev–Trinajstić information content (AvgIpc) is 3.84. The van der Waals surface area contributed by atoms with E-state index in [0.717, 1.165) is 72.9 Å². The van der Waals surface area contributed by atoms with Crippen LogP contribution in [0.15, 0.2) is 176 Å². The molecule has 0 saturated carbocycles. The van der Waals surface area contributed by atoms with E-state index in [-0.39, 0.29) is 0 Å². The molecule has 0 amide bonds. The molecule has 0 aliphatic heterocycles. The Morgan fingerprint density at radius 3 is 1.13 bits per heavy atom. The minimum Gasteiger partial charge on any atom is -0.292 e. The number of pyridine rings is 2. The summed E-state index contributed by atoms with van der Waals surface area (Å²) in [4.78, 5) is 34.3. The highest BCUT2D eigenvalue weighted by atomic mass is 15.1. The number of nitrogens with zero attached hydrogens (tertiary/aromatic N) is 9. The first-order valence-electron chi connectivity index (χ1n) is 17.6. The molecule has 0 aliphatic carbocycles. The molecule has 0 fully saturated rings. The molecule has 0 N–H and O–H groups in total. The monoisotopic (exact) mass is 695 g/mol. The standard InChI is InChI=1S/C45H29N9/c1-3-11-30(12-4-1)41-50-42(31-13-5-2-6-14-31)52-43(51-41)32-27-33(44-48-37-15-7-9-17-39(37)53(44)35-19-23-46-24-20-35)29-34(28-32)45-49-38-16-8-10-18-40(38)54(45)36-21-25-47-26-22-36/h1-29H. The zero-order chi connectivity index (χ0) is 35.8. The predicted octanol–water partition coefficient (Wildman–Crippen LogP) is 9.67. The van der Waals surface area contributed by atoms with E-state index in [1.54, 1.807) is 24.8 Å². The molecule has 0 aliphatic rings. The molecule has 54 heavy (non-hydrogen) atoms. The Hall–Kier alpha value is -7.65. The summed E-state index contributed by atoms with van der Waals surface area (Å²) in [6.07, 6.45) is 7.20. The van der Waals surface area contributed by atoms with Crippen LogP contribution in [0.4, 0.5) is 0 Å². The lowest BCUT2D eigenvalue weighted by Gasteiger charge is -2.14. The molecule has 0 bridgehead atoms. The summed E-state index contributed by atoms with van der Waals surface area (Å²) in [6.45, 7) is 0. The third kappa shape index (κ3) is 5.57. The van der Waals surface area contributed by atoms with Crippen LogP contribution in [0.2, 0.25) is 0 Å². The minimum absolute atomic E-state index is 0.531. The van der Waals surface area contributed by atoms with E-state index < -0.39 is 0 Å². The van der Waals surface area contributed by atoms with Crippen LogP contribution in [-0.4, -0.2) is 44.0 Å². The molecule has 0 unspecified atom stereocenters. The zero-order valence-corrected chi connectivity index (χ0v) is 28.8. The number of hydrogen-bond donors (Lipinski definition) is 0. The Balaban J connectivity index is 1.28. The van der Waals surface area contributed by atoms with Crippen molar-refractivity contribution in [1.29, 1.82) is 0 Å². The van der Waals surface area contributed by atoms with E-state index in [2.05, 4.69) is 49.4 Å². The van der Waals surface area contributed by atoms with Gasteiger partial charge in [0, 0.05) is 52.6 Å². The minimum atomic E-state index is 0.531. The van der Waals surface area contributed by atoms with Crippen molar-refractivity contribution in [3.8, 4) is 68.3 Å². The highest BCUT2D eigenvalue weighted by Crippen LogP contribution is 2.37. The van der Waals surface area contributed by atoms with Crippen molar-refractivity contribution in [2.75, 3.05) is 0 Å². The van der Waals surface area contributed by atoms with Crippen molar-refractivity contribution >= 4 is 22.1 Å². The second-order valence-corrected chi connectivity index (χ2v) is 12.8. The molecule has 10 aromatic rings. The number of imidazole rings is 2. The summed E-state index contributed by atoms with van der Waals surface area (Å²) in [5.41, 5.74) is 9.92. The first kappa shape index (κ1) is 31.1. The summed E-state index contributed by atoms with van der Waals surface area (Å²) in [6, 6.07) is 50.7. The second-order valence-electron chi connectivity index (χ2n) is 12.8. The summed E-state index contributed by atoms with van der Waals surface area (Å²) in [7, 11) is 0. The third-order valence-electron chi connectivity index (χ3n) is 9.37. The normalized spacial score (nSPS) is 11.3. The van der Waals surface area contributed by atoms with Crippen molar-refractivity contribution in [1.82, 2.24) is 44.0 Å². The van der Waals surface area contributed by atoms with Crippen LogP contribution in [-0.2, 0) is 0 Å². The molecule has 0 saturated heterocycles. The maximum Gasteiger partial charge on any atom is 0.164 e. The molecule has 0 atom stereocenters. The first-order valence-corrected chi connectivity index (χ1v) is 17.6. The fourth-order valence-electron chi connectivity index (χ4n) is 6.90. The largest absolute Gasteiger partial charge is 0.292 e. The maximum absolute atomic E-state index is 5.24. The van der Waals surface area contributed by atoms with E-state index in [0.29, 0.717) is 17.5 Å². The fraction of sp³-hybridized carbons (Fsp3) is 0. The second kappa shape index (κ2) is 13.2. The molecule has 5 aromatic carbocycles. The van der Waals surface area contributed by atoms with Crippen LogP contribution in [0.1, 0.15) is 0 Å². The molecule has 5 aromatic heterocycles. The lowest BCUT2D eigenvalue weighted by atomic mass is 10.0. The van der Waals surface area contributed by atoms with E-state index in [9.17, 15) is 0 Å². The fourth-order valence-corrected chi connectivity index (χ4v) is 6.90. The maximum atomic E-state index is 5.24. The van der Waals surface area contributed by atoms with Gasteiger partial charge < -0.3 is 0 Å². The van der Waals surface area contributed by atoms with Gasteiger partial charge in [-0.05, 0) is 66.7 Å². The van der Waals surface area contributed by atoms with E-state index in [1.165, 1.54) is 0 Å². The van der Waals surface area contributed by atoms with Crippen molar-refractivity contribution < 1.29 is 0 Å². The molecular formula is C45H29N9. The van der Waals surface area contributed by atoms with Crippen molar-refractivity contribution in [2.24, 2.45) is 0 Å². The van der Waals surface area contributed by atoms with Crippen LogP contribution < -0.4 is 0 Å². The van der Waals surface area contributed by atoms with Crippen LogP contribution in [0.25, 0.3) is 90.4 Å². The van der Waals surface area contributed by atoms with Crippen LogP contribution >= 0.6 is 0 Å². The predicted molar refractivity (Wildman–Crippen MR) is 212 cm³/mol. The molecule has 0 radical (unpaired) electrons. The summed E-state index contributed by atoms with van der Waals surface area (Å²) in [5, 5.41) is 0. The van der Waals surface area contributed by atoms with Gasteiger partial charge in [0.15, 0.2) is 17.5 Å². The number of aromatic nitrogens is 9.